The fourth-order valence-electron chi connectivity index (χ4n) is 6.13. The zero-order valence-electron chi connectivity index (χ0n) is 48.9. The molecule has 0 aliphatic carbocycles. The highest BCUT2D eigenvalue weighted by atomic mass is 16.3. The summed E-state index contributed by atoms with van der Waals surface area (Å²) in [5.41, 5.74) is -2.56. The molecule has 0 N–H and O–H groups in total. The Morgan fingerprint density at radius 3 is 1.31 bits per heavy atom. The maximum absolute atomic E-state index is 9.32. The normalized spacial score (nSPS) is 18.5. The number of fused-ring (bicyclic) bond motifs is 6. The van der Waals surface area contributed by atoms with Crippen molar-refractivity contribution >= 4 is 54.3 Å². The van der Waals surface area contributed by atoms with Crippen LogP contribution in [0.3, 0.4) is 0 Å². The molecule has 10 aromatic rings. The van der Waals surface area contributed by atoms with Gasteiger partial charge in [0, 0.05) is 10.8 Å². The summed E-state index contributed by atoms with van der Waals surface area (Å²) in [6, 6.07) is -7.42. The molecule has 49 heavy (non-hydrogen) atoms. The number of benzene rings is 9. The van der Waals surface area contributed by atoms with Gasteiger partial charge >= 0.3 is 0 Å². The lowest BCUT2D eigenvalue weighted by atomic mass is 9.85. The summed E-state index contributed by atoms with van der Waals surface area (Å²) in [4.78, 5) is 0. The molecule has 1 heterocycles. The summed E-state index contributed by atoms with van der Waals surface area (Å²) in [6.45, 7) is 0. The van der Waals surface area contributed by atoms with E-state index >= 15 is 0 Å². The van der Waals surface area contributed by atoms with Crippen molar-refractivity contribution in [2.45, 2.75) is 0 Å². The van der Waals surface area contributed by atoms with Gasteiger partial charge in [-0.25, -0.2) is 0 Å². The number of rotatable bonds is 4. The van der Waals surface area contributed by atoms with Crippen LogP contribution in [-0.4, -0.2) is 0 Å². The van der Waals surface area contributed by atoms with Crippen molar-refractivity contribution in [3.63, 3.8) is 0 Å². The molecule has 1 aromatic heterocycles. The smallest absolute Gasteiger partial charge is 0.136 e. The molecule has 228 valence electrons. The first kappa shape index (κ1) is 12.9. The van der Waals surface area contributed by atoms with E-state index in [1.807, 2.05) is 0 Å². The summed E-state index contributed by atoms with van der Waals surface area (Å²) in [5.74, 6) is 0. The zero-order chi connectivity index (χ0) is 53.2. The lowest BCUT2D eigenvalue weighted by molar-refractivity contribution is 0.669. The van der Waals surface area contributed by atoms with Gasteiger partial charge in [0.1, 0.15) is 11.2 Å². The molecule has 0 saturated carbocycles. The van der Waals surface area contributed by atoms with Gasteiger partial charge in [-0.1, -0.05) is 145 Å². The van der Waals surface area contributed by atoms with Crippen molar-refractivity contribution in [1.29, 1.82) is 0 Å². The molecule has 0 saturated heterocycles. The molecule has 0 atom stereocenters. The average molecular weight is 647 g/mol. The maximum Gasteiger partial charge on any atom is 0.136 e. The molecule has 9 aromatic carbocycles. The second-order valence-electron chi connectivity index (χ2n) is 11.0. The standard InChI is InChI=1S/C48H30O/c1-3-11-31(12-4-1)36-23-25-39-40-26-24-37(30-46(40)49-45(39)29-36)34-19-20-35-28-38(22-21-33(35)27-34)48-43-17-9-7-15-41(43)47(32-13-5-2-6-14-32)42-16-8-10-18-44(42)48/h1-30H/i1D,2D,3D,4D,5D,6D,7D,8D,9D,10D,11D,12D,13D,14D,15D,16D,17D,18D,23D,24D,25D,26D,29D,30D. The first-order chi connectivity index (χ1) is 34.3. The van der Waals surface area contributed by atoms with Crippen LogP contribution in [-0.2, 0) is 0 Å². The van der Waals surface area contributed by atoms with Crippen molar-refractivity contribution in [2.24, 2.45) is 0 Å². The van der Waals surface area contributed by atoms with Gasteiger partial charge < -0.3 is 4.42 Å². The van der Waals surface area contributed by atoms with Crippen molar-refractivity contribution in [1.82, 2.24) is 0 Å². The summed E-state index contributed by atoms with van der Waals surface area (Å²) in [5, 5.41) is -0.915. The number of hydrogen-bond donors (Lipinski definition) is 0. The topological polar surface area (TPSA) is 13.1 Å². The number of hydrogen-bond acceptors (Lipinski definition) is 1. The van der Waals surface area contributed by atoms with Gasteiger partial charge in [0.05, 0.1) is 32.9 Å². The molecule has 0 radical (unpaired) electrons. The van der Waals surface area contributed by atoms with Gasteiger partial charge in [-0.3, -0.25) is 0 Å². The van der Waals surface area contributed by atoms with Gasteiger partial charge in [-0.15, -0.1) is 0 Å². The van der Waals surface area contributed by atoms with Crippen LogP contribution in [0.25, 0.3) is 98.8 Å². The van der Waals surface area contributed by atoms with Crippen molar-refractivity contribution in [3.05, 3.63) is 181 Å². The molecular formula is C48H30O. The summed E-state index contributed by atoms with van der Waals surface area (Å²) < 4.78 is 216. The Hall–Kier alpha value is -6.44. The van der Waals surface area contributed by atoms with Crippen molar-refractivity contribution in [3.8, 4) is 44.5 Å². The van der Waals surface area contributed by atoms with E-state index in [4.69, 9.17) is 30.5 Å². The fourth-order valence-corrected chi connectivity index (χ4v) is 6.13. The van der Waals surface area contributed by atoms with Gasteiger partial charge in [-0.05, 0) is 113 Å². The van der Waals surface area contributed by atoms with Crippen LogP contribution >= 0.6 is 0 Å². The Kier molecular flexibility index (Phi) is 2.91. The predicted molar refractivity (Wildman–Crippen MR) is 208 cm³/mol. The Morgan fingerprint density at radius 1 is 0.327 bits per heavy atom. The molecular weight excluding hydrogens is 593 g/mol. The van der Waals surface area contributed by atoms with E-state index in [0.717, 1.165) is 0 Å². The third-order valence-corrected chi connectivity index (χ3v) is 8.30. The largest absolute Gasteiger partial charge is 0.456 e. The van der Waals surface area contributed by atoms with Crippen LogP contribution < -0.4 is 0 Å². The third kappa shape index (κ3) is 4.55. The lowest BCUT2D eigenvalue weighted by Gasteiger charge is -2.18. The molecule has 0 bridgehead atoms. The molecule has 1 heteroatoms. The lowest BCUT2D eigenvalue weighted by Crippen LogP contribution is -1.90. The highest BCUT2D eigenvalue weighted by molar-refractivity contribution is 6.21. The monoisotopic (exact) mass is 646 g/mol. The minimum atomic E-state index is -0.792. The van der Waals surface area contributed by atoms with Gasteiger partial charge in [-0.2, -0.15) is 0 Å². The van der Waals surface area contributed by atoms with E-state index in [1.165, 1.54) is 12.1 Å². The zero-order valence-corrected chi connectivity index (χ0v) is 24.9. The molecule has 0 fully saturated rings. The minimum absolute atomic E-state index is 0.0877. The number of furan rings is 1. The second kappa shape index (κ2) is 11.1. The first-order valence-electron chi connectivity index (χ1n) is 26.9. The van der Waals surface area contributed by atoms with Crippen LogP contribution in [0.1, 0.15) is 32.9 Å². The predicted octanol–water partition coefficient (Wildman–Crippen LogP) is 13.7. The third-order valence-electron chi connectivity index (χ3n) is 8.30. The van der Waals surface area contributed by atoms with E-state index < -0.39 is 173 Å². The molecule has 0 spiro atoms. The van der Waals surface area contributed by atoms with E-state index in [1.54, 1.807) is 24.3 Å². The molecule has 10 rings (SSSR count). The molecule has 1 nitrogen and oxygen atoms in total. The average Bonchev–Trinajstić information content (AvgIpc) is 3.79. The van der Waals surface area contributed by atoms with Crippen molar-refractivity contribution < 1.29 is 37.3 Å². The highest BCUT2D eigenvalue weighted by Gasteiger charge is 2.17. The van der Waals surface area contributed by atoms with E-state index in [9.17, 15) is 6.85 Å². The van der Waals surface area contributed by atoms with Crippen LogP contribution in [0.15, 0.2) is 186 Å². The van der Waals surface area contributed by atoms with Crippen LogP contribution in [0, 0.1) is 0 Å². The first-order valence-corrected chi connectivity index (χ1v) is 14.9. The Morgan fingerprint density at radius 2 is 0.755 bits per heavy atom. The summed E-state index contributed by atoms with van der Waals surface area (Å²) in [7, 11) is 0. The molecule has 0 aliphatic heterocycles. The molecule has 0 amide bonds. The van der Waals surface area contributed by atoms with Crippen molar-refractivity contribution in [2.75, 3.05) is 0 Å². The quantitative estimate of drug-likeness (QED) is 0.173. The van der Waals surface area contributed by atoms with Crippen LogP contribution in [0.2, 0.25) is 0 Å². The van der Waals surface area contributed by atoms with Gasteiger partial charge in [0.15, 0.2) is 0 Å². The van der Waals surface area contributed by atoms with E-state index in [2.05, 4.69) is 0 Å². The Balaban J connectivity index is 1.22. The second-order valence-corrected chi connectivity index (χ2v) is 11.0. The minimum Gasteiger partial charge on any atom is -0.456 e. The van der Waals surface area contributed by atoms with Gasteiger partial charge in [0.25, 0.3) is 0 Å². The summed E-state index contributed by atoms with van der Waals surface area (Å²) in [6.07, 6.45) is 0. The Bertz CT molecular complexity index is 4120. The maximum atomic E-state index is 9.32. The van der Waals surface area contributed by atoms with E-state index in [0.29, 0.717) is 10.8 Å². The Labute approximate surface area is 318 Å². The molecule has 0 aliphatic rings. The fraction of sp³-hybridized carbons (Fsp3) is 0. The SMILES string of the molecule is [2H]c1c([2H])c([2H])c(-c2c([2H])c([2H])c3c(oc4c([2H])c(-c5ccc6cc(-c7c8c([2H])c([2H])c([2H])c([2H])c8c(-c8c([2H])c([2H])c([2H])c([2H])c8[2H])c8c([2H])c([2H])c([2H])c([2H])c78)ccc6c5)c([2H])c([2H])c43)c2[2H])c([2H])c1[2H]. The van der Waals surface area contributed by atoms with Crippen LogP contribution in [0.4, 0.5) is 0 Å². The van der Waals surface area contributed by atoms with E-state index in [-0.39, 0.29) is 60.2 Å². The highest BCUT2D eigenvalue weighted by Crippen LogP contribution is 2.44. The summed E-state index contributed by atoms with van der Waals surface area (Å²) >= 11 is 0. The van der Waals surface area contributed by atoms with Crippen LogP contribution in [0.5, 0.6) is 0 Å². The van der Waals surface area contributed by atoms with Gasteiger partial charge in [0.2, 0.25) is 0 Å². The molecule has 0 unspecified atom stereocenters.